The number of carbonyl (C=O) groups is 1. The zero-order valence-electron chi connectivity index (χ0n) is 12.9. The molecule has 0 radical (unpaired) electrons. The molecule has 0 fully saturated rings. The highest BCUT2D eigenvalue weighted by molar-refractivity contribution is 5.94. The van der Waals surface area contributed by atoms with Crippen molar-refractivity contribution >= 4 is 5.91 Å². The summed E-state index contributed by atoms with van der Waals surface area (Å²) < 4.78 is 5.41. The molecule has 4 heteroatoms. The van der Waals surface area contributed by atoms with Gasteiger partial charge in [-0.3, -0.25) is 9.78 Å². The van der Waals surface area contributed by atoms with Gasteiger partial charge in [-0.15, -0.1) is 0 Å². The first kappa shape index (κ1) is 15.8. The van der Waals surface area contributed by atoms with Gasteiger partial charge in [0.05, 0.1) is 11.7 Å². The van der Waals surface area contributed by atoms with E-state index in [1.165, 1.54) is 0 Å². The van der Waals surface area contributed by atoms with Crippen LogP contribution < -0.4 is 4.74 Å². The molecule has 2 aromatic rings. The van der Waals surface area contributed by atoms with Crippen LogP contribution in [0, 0.1) is 0 Å². The first-order valence-corrected chi connectivity index (χ1v) is 7.15. The number of ether oxygens (including phenoxy) is 1. The number of aromatic nitrogens is 1. The lowest BCUT2D eigenvalue weighted by Gasteiger charge is -2.24. The molecule has 4 nitrogen and oxygen atoms in total. The lowest BCUT2D eigenvalue weighted by atomic mass is 10.1. The summed E-state index contributed by atoms with van der Waals surface area (Å²) in [4.78, 5) is 18.5. The van der Waals surface area contributed by atoms with E-state index in [-0.39, 0.29) is 11.9 Å². The summed E-state index contributed by atoms with van der Waals surface area (Å²) in [6, 6.07) is 12.7. The molecule has 1 aromatic heterocycles. The molecule has 0 bridgehead atoms. The van der Waals surface area contributed by atoms with Crippen molar-refractivity contribution in [1.82, 2.24) is 9.88 Å². The minimum Gasteiger partial charge on any atom is -0.490 e. The molecule has 0 saturated heterocycles. The van der Waals surface area contributed by atoms with Crippen LogP contribution in [0.2, 0.25) is 0 Å². The van der Waals surface area contributed by atoms with Crippen LogP contribution in [0.25, 0.3) is 0 Å². The predicted molar refractivity (Wildman–Crippen MR) is 86.9 cm³/mol. The first-order chi connectivity index (χ1) is 10.6. The maximum Gasteiger partial charge on any atom is 0.254 e. The molecule has 1 amide bonds. The van der Waals surface area contributed by atoms with Gasteiger partial charge in [0.2, 0.25) is 0 Å². The van der Waals surface area contributed by atoms with Crippen molar-refractivity contribution in [3.05, 3.63) is 72.6 Å². The van der Waals surface area contributed by atoms with Gasteiger partial charge in [0.15, 0.2) is 0 Å². The minimum atomic E-state index is -0.0922. The Morgan fingerprint density at radius 1 is 1.32 bits per heavy atom. The van der Waals surface area contributed by atoms with Gasteiger partial charge in [0.1, 0.15) is 12.4 Å². The van der Waals surface area contributed by atoms with Crippen LogP contribution in [0.15, 0.2) is 61.3 Å². The third-order valence-electron chi connectivity index (χ3n) is 3.49. The fourth-order valence-electron chi connectivity index (χ4n) is 2.05. The minimum absolute atomic E-state index is 0.0478. The third kappa shape index (κ3) is 3.73. The summed E-state index contributed by atoms with van der Waals surface area (Å²) in [5.74, 6) is 0.672. The normalized spacial score (nSPS) is 11.5. The molecule has 0 aliphatic carbocycles. The number of hydrogen-bond donors (Lipinski definition) is 0. The third-order valence-corrected chi connectivity index (χ3v) is 3.49. The van der Waals surface area contributed by atoms with E-state index in [0.717, 1.165) is 11.4 Å². The van der Waals surface area contributed by atoms with Gasteiger partial charge in [-0.1, -0.05) is 18.7 Å². The monoisotopic (exact) mass is 296 g/mol. The smallest absolute Gasteiger partial charge is 0.254 e. The molecular formula is C18H20N2O2. The predicted octanol–water partition coefficient (Wildman–Crippen LogP) is 3.48. The van der Waals surface area contributed by atoms with Gasteiger partial charge in [-0.25, -0.2) is 0 Å². The van der Waals surface area contributed by atoms with Crippen LogP contribution in [0.1, 0.15) is 29.0 Å². The average molecular weight is 296 g/mol. The lowest BCUT2D eigenvalue weighted by Crippen LogP contribution is -2.30. The van der Waals surface area contributed by atoms with E-state index >= 15 is 0 Å². The van der Waals surface area contributed by atoms with E-state index in [2.05, 4.69) is 11.6 Å². The van der Waals surface area contributed by atoms with Crippen LogP contribution >= 0.6 is 0 Å². The summed E-state index contributed by atoms with van der Waals surface area (Å²) in [6.45, 7) is 6.01. The van der Waals surface area contributed by atoms with E-state index in [1.807, 2.05) is 25.1 Å². The lowest BCUT2D eigenvalue weighted by molar-refractivity contribution is 0.0740. The molecule has 1 atom stereocenters. The maximum absolute atomic E-state index is 12.5. The molecule has 1 unspecified atom stereocenters. The van der Waals surface area contributed by atoms with E-state index in [1.54, 1.807) is 48.5 Å². The molecule has 0 saturated carbocycles. The standard InChI is InChI=1S/C18H20N2O2/c1-4-13-22-16-10-8-15(9-11-16)18(21)20(3)14(2)17-7-5-6-12-19-17/h4-12,14H,1,13H2,2-3H3. The van der Waals surface area contributed by atoms with Crippen LogP contribution in [0.4, 0.5) is 0 Å². The number of nitrogens with zero attached hydrogens (tertiary/aromatic N) is 2. The fourth-order valence-corrected chi connectivity index (χ4v) is 2.05. The van der Waals surface area contributed by atoms with Gasteiger partial charge >= 0.3 is 0 Å². The summed E-state index contributed by atoms with van der Waals surface area (Å²) >= 11 is 0. The Kier molecular flexibility index (Phi) is 5.31. The van der Waals surface area contributed by atoms with Crippen molar-refractivity contribution in [3.8, 4) is 5.75 Å². The second-order valence-electron chi connectivity index (χ2n) is 4.97. The number of amides is 1. The van der Waals surface area contributed by atoms with Gasteiger partial charge in [0.25, 0.3) is 5.91 Å². The second kappa shape index (κ2) is 7.41. The molecule has 0 N–H and O–H groups in total. The van der Waals surface area contributed by atoms with Gasteiger partial charge in [-0.05, 0) is 43.3 Å². The van der Waals surface area contributed by atoms with E-state index in [9.17, 15) is 4.79 Å². The zero-order valence-corrected chi connectivity index (χ0v) is 12.9. The van der Waals surface area contributed by atoms with E-state index in [4.69, 9.17) is 4.74 Å². The summed E-state index contributed by atoms with van der Waals surface area (Å²) in [5.41, 5.74) is 1.49. The molecule has 22 heavy (non-hydrogen) atoms. The molecule has 0 spiro atoms. The number of rotatable bonds is 6. The van der Waals surface area contributed by atoms with E-state index < -0.39 is 0 Å². The molecular weight excluding hydrogens is 276 g/mol. The zero-order chi connectivity index (χ0) is 15.9. The molecule has 0 aliphatic heterocycles. The van der Waals surface area contributed by atoms with Crippen LogP contribution in [-0.2, 0) is 0 Å². The first-order valence-electron chi connectivity index (χ1n) is 7.15. The summed E-state index contributed by atoms with van der Waals surface area (Å²) in [7, 11) is 1.78. The highest BCUT2D eigenvalue weighted by Gasteiger charge is 2.19. The number of pyridine rings is 1. The van der Waals surface area contributed by atoms with Crippen molar-refractivity contribution in [2.24, 2.45) is 0 Å². The molecule has 2 rings (SSSR count). The topological polar surface area (TPSA) is 42.4 Å². The number of benzene rings is 1. The Bertz CT molecular complexity index is 623. The van der Waals surface area contributed by atoms with Gasteiger partial charge < -0.3 is 9.64 Å². The van der Waals surface area contributed by atoms with Crippen LogP contribution in [0.5, 0.6) is 5.75 Å². The summed E-state index contributed by atoms with van der Waals surface area (Å²) in [6.07, 6.45) is 3.41. The van der Waals surface area contributed by atoms with E-state index in [0.29, 0.717) is 12.2 Å². The average Bonchev–Trinajstić information content (AvgIpc) is 2.59. The highest BCUT2D eigenvalue weighted by Crippen LogP contribution is 2.20. The molecule has 1 aromatic carbocycles. The SMILES string of the molecule is C=CCOc1ccc(C(=O)N(C)C(C)c2ccccn2)cc1. The molecule has 0 aliphatic rings. The Hall–Kier alpha value is -2.62. The quantitative estimate of drug-likeness (QED) is 0.766. The Morgan fingerprint density at radius 2 is 2.05 bits per heavy atom. The van der Waals surface area contributed by atoms with Crippen molar-refractivity contribution in [1.29, 1.82) is 0 Å². The summed E-state index contributed by atoms with van der Waals surface area (Å²) in [5, 5.41) is 0. The fraction of sp³-hybridized carbons (Fsp3) is 0.222. The van der Waals surface area contributed by atoms with Crippen molar-refractivity contribution in [2.45, 2.75) is 13.0 Å². The Balaban J connectivity index is 2.08. The Labute approximate surface area is 131 Å². The number of carbonyl (C=O) groups excluding carboxylic acids is 1. The van der Waals surface area contributed by atoms with Crippen LogP contribution in [-0.4, -0.2) is 29.4 Å². The Morgan fingerprint density at radius 3 is 2.64 bits per heavy atom. The molecule has 1 heterocycles. The van der Waals surface area contributed by atoms with Crippen molar-refractivity contribution < 1.29 is 9.53 Å². The van der Waals surface area contributed by atoms with Gasteiger partial charge in [0, 0.05) is 18.8 Å². The largest absolute Gasteiger partial charge is 0.490 e. The van der Waals surface area contributed by atoms with Crippen molar-refractivity contribution in [2.75, 3.05) is 13.7 Å². The van der Waals surface area contributed by atoms with Gasteiger partial charge in [-0.2, -0.15) is 0 Å². The van der Waals surface area contributed by atoms with Crippen LogP contribution in [0.3, 0.4) is 0 Å². The second-order valence-corrected chi connectivity index (χ2v) is 4.97. The maximum atomic E-state index is 12.5. The number of hydrogen-bond acceptors (Lipinski definition) is 3. The molecule has 114 valence electrons. The highest BCUT2D eigenvalue weighted by atomic mass is 16.5. The van der Waals surface area contributed by atoms with Crippen molar-refractivity contribution in [3.63, 3.8) is 0 Å².